The molecular formula is C16H16BrNO3. The number of rotatable bonds is 6. The lowest BCUT2D eigenvalue weighted by Gasteiger charge is -2.14. The van der Waals surface area contributed by atoms with Gasteiger partial charge in [-0.3, -0.25) is 4.79 Å². The molecule has 2 rings (SSSR count). The molecule has 0 spiro atoms. The molecule has 110 valence electrons. The standard InChI is InChI=1S/C16H16BrNO3/c1-18-15(16(19)20)12-7-8-14(13(17)9-12)21-10-11-5-3-2-4-6-11/h2-9,15,18H,10H2,1H3,(H,19,20). The van der Waals surface area contributed by atoms with E-state index in [1.807, 2.05) is 30.3 Å². The monoisotopic (exact) mass is 349 g/mol. The first-order valence-corrected chi connectivity index (χ1v) is 7.27. The van der Waals surface area contributed by atoms with Gasteiger partial charge in [0.15, 0.2) is 0 Å². The number of carboxylic acids is 1. The number of carbonyl (C=O) groups is 1. The number of hydrogen-bond donors (Lipinski definition) is 2. The molecule has 0 heterocycles. The zero-order valence-corrected chi connectivity index (χ0v) is 13.1. The molecule has 0 bridgehead atoms. The first-order valence-electron chi connectivity index (χ1n) is 6.48. The van der Waals surface area contributed by atoms with Gasteiger partial charge in [0.2, 0.25) is 0 Å². The van der Waals surface area contributed by atoms with Crippen LogP contribution < -0.4 is 10.1 Å². The average Bonchev–Trinajstić information content (AvgIpc) is 2.48. The number of halogens is 1. The minimum Gasteiger partial charge on any atom is -0.488 e. The molecule has 0 saturated heterocycles. The molecule has 0 fully saturated rings. The zero-order chi connectivity index (χ0) is 15.2. The largest absolute Gasteiger partial charge is 0.488 e. The third-order valence-electron chi connectivity index (χ3n) is 3.06. The van der Waals surface area contributed by atoms with Gasteiger partial charge in [-0.05, 0) is 46.2 Å². The Morgan fingerprint density at radius 3 is 2.57 bits per heavy atom. The van der Waals surface area contributed by atoms with Gasteiger partial charge in [-0.1, -0.05) is 36.4 Å². The number of carboxylic acid groups (broad SMARTS) is 1. The molecule has 0 saturated carbocycles. The van der Waals surface area contributed by atoms with Crippen molar-refractivity contribution in [1.82, 2.24) is 5.32 Å². The van der Waals surface area contributed by atoms with Crippen molar-refractivity contribution in [2.45, 2.75) is 12.6 Å². The highest BCUT2D eigenvalue weighted by atomic mass is 79.9. The van der Waals surface area contributed by atoms with E-state index in [1.165, 1.54) is 0 Å². The Bertz CT molecular complexity index is 616. The molecule has 0 radical (unpaired) electrons. The van der Waals surface area contributed by atoms with E-state index in [4.69, 9.17) is 9.84 Å². The van der Waals surface area contributed by atoms with Crippen LogP contribution in [0.2, 0.25) is 0 Å². The number of hydrogen-bond acceptors (Lipinski definition) is 3. The van der Waals surface area contributed by atoms with Crippen molar-refractivity contribution >= 4 is 21.9 Å². The first kappa shape index (κ1) is 15.5. The quantitative estimate of drug-likeness (QED) is 0.839. The average molecular weight is 350 g/mol. The molecule has 0 amide bonds. The van der Waals surface area contributed by atoms with Crippen LogP contribution in [-0.4, -0.2) is 18.1 Å². The highest BCUT2D eigenvalue weighted by Crippen LogP contribution is 2.29. The molecule has 0 aliphatic rings. The van der Waals surface area contributed by atoms with Crippen LogP contribution in [0.1, 0.15) is 17.2 Å². The topological polar surface area (TPSA) is 58.6 Å². The van der Waals surface area contributed by atoms with Crippen LogP contribution in [0.3, 0.4) is 0 Å². The summed E-state index contributed by atoms with van der Waals surface area (Å²) in [7, 11) is 1.62. The third-order valence-corrected chi connectivity index (χ3v) is 3.68. The SMILES string of the molecule is CNC(C(=O)O)c1ccc(OCc2ccccc2)c(Br)c1. The molecule has 1 atom stereocenters. The lowest BCUT2D eigenvalue weighted by Crippen LogP contribution is -2.24. The number of likely N-dealkylation sites (N-methyl/N-ethyl adjacent to an activating group) is 1. The summed E-state index contributed by atoms with van der Waals surface area (Å²) in [4.78, 5) is 11.1. The molecule has 0 aliphatic carbocycles. The van der Waals surface area contributed by atoms with Crippen LogP contribution in [0.15, 0.2) is 53.0 Å². The van der Waals surface area contributed by atoms with Gasteiger partial charge in [-0.15, -0.1) is 0 Å². The second-order valence-corrected chi connectivity index (χ2v) is 5.38. The van der Waals surface area contributed by atoms with Gasteiger partial charge in [0, 0.05) is 0 Å². The smallest absolute Gasteiger partial charge is 0.325 e. The maximum Gasteiger partial charge on any atom is 0.325 e. The Morgan fingerprint density at radius 2 is 2.00 bits per heavy atom. The van der Waals surface area contributed by atoms with E-state index >= 15 is 0 Å². The third kappa shape index (κ3) is 4.06. The van der Waals surface area contributed by atoms with Gasteiger partial charge in [0.25, 0.3) is 0 Å². The first-order chi connectivity index (χ1) is 10.1. The maximum atomic E-state index is 11.1. The molecular weight excluding hydrogens is 334 g/mol. The van der Waals surface area contributed by atoms with Gasteiger partial charge in [-0.2, -0.15) is 0 Å². The van der Waals surface area contributed by atoms with E-state index < -0.39 is 12.0 Å². The molecule has 0 aromatic heterocycles. The second-order valence-electron chi connectivity index (χ2n) is 4.52. The normalized spacial score (nSPS) is 11.9. The summed E-state index contributed by atoms with van der Waals surface area (Å²) in [5, 5.41) is 11.9. The van der Waals surface area contributed by atoms with Crippen LogP contribution in [0.5, 0.6) is 5.75 Å². The van der Waals surface area contributed by atoms with Crippen LogP contribution >= 0.6 is 15.9 Å². The van der Waals surface area contributed by atoms with E-state index in [9.17, 15) is 4.79 Å². The van der Waals surface area contributed by atoms with Gasteiger partial charge < -0.3 is 15.2 Å². The van der Waals surface area contributed by atoms with Crippen molar-refractivity contribution in [2.24, 2.45) is 0 Å². The molecule has 5 heteroatoms. The summed E-state index contributed by atoms with van der Waals surface area (Å²) in [6.07, 6.45) is 0. The van der Waals surface area contributed by atoms with Crippen molar-refractivity contribution in [2.75, 3.05) is 7.05 Å². The Hall–Kier alpha value is -1.85. The van der Waals surface area contributed by atoms with Crippen molar-refractivity contribution in [3.05, 3.63) is 64.1 Å². The minimum absolute atomic E-state index is 0.465. The van der Waals surface area contributed by atoms with E-state index in [-0.39, 0.29) is 0 Å². The fraction of sp³-hybridized carbons (Fsp3) is 0.188. The van der Waals surface area contributed by atoms with Crippen LogP contribution in [0, 0.1) is 0 Å². The lowest BCUT2D eigenvalue weighted by molar-refractivity contribution is -0.139. The van der Waals surface area contributed by atoms with Crippen LogP contribution in [-0.2, 0) is 11.4 Å². The second kappa shape index (κ2) is 7.24. The Balaban J connectivity index is 2.10. The summed E-state index contributed by atoms with van der Waals surface area (Å²) >= 11 is 3.42. The van der Waals surface area contributed by atoms with Crippen LogP contribution in [0.25, 0.3) is 0 Å². The number of ether oxygens (including phenoxy) is 1. The highest BCUT2D eigenvalue weighted by molar-refractivity contribution is 9.10. The van der Waals surface area contributed by atoms with Gasteiger partial charge in [0.1, 0.15) is 18.4 Å². The Morgan fingerprint density at radius 1 is 1.29 bits per heavy atom. The summed E-state index contributed by atoms with van der Waals surface area (Å²) < 4.78 is 6.47. The van der Waals surface area contributed by atoms with Crippen molar-refractivity contribution < 1.29 is 14.6 Å². The predicted octanol–water partition coefficient (Wildman–Crippen LogP) is 3.37. The Labute approximate surface area is 131 Å². The van der Waals surface area contributed by atoms with E-state index in [0.717, 1.165) is 10.0 Å². The maximum absolute atomic E-state index is 11.1. The zero-order valence-electron chi connectivity index (χ0n) is 11.5. The molecule has 4 nitrogen and oxygen atoms in total. The fourth-order valence-corrected chi connectivity index (χ4v) is 2.49. The predicted molar refractivity (Wildman–Crippen MR) is 84.4 cm³/mol. The van der Waals surface area contributed by atoms with Crippen molar-refractivity contribution in [1.29, 1.82) is 0 Å². The summed E-state index contributed by atoms with van der Waals surface area (Å²) in [6.45, 7) is 0.465. The minimum atomic E-state index is -0.914. The fourth-order valence-electron chi connectivity index (χ4n) is 1.98. The van der Waals surface area contributed by atoms with Crippen molar-refractivity contribution in [3.8, 4) is 5.75 Å². The van der Waals surface area contributed by atoms with E-state index in [1.54, 1.807) is 25.2 Å². The molecule has 1 unspecified atom stereocenters. The lowest BCUT2D eigenvalue weighted by atomic mass is 10.1. The molecule has 2 aromatic rings. The van der Waals surface area contributed by atoms with Crippen molar-refractivity contribution in [3.63, 3.8) is 0 Å². The summed E-state index contributed by atoms with van der Waals surface area (Å²) in [5.74, 6) is -0.231. The molecule has 0 aliphatic heterocycles. The summed E-state index contributed by atoms with van der Waals surface area (Å²) in [5.41, 5.74) is 1.75. The molecule has 2 aromatic carbocycles. The van der Waals surface area contributed by atoms with Crippen LogP contribution in [0.4, 0.5) is 0 Å². The van der Waals surface area contributed by atoms with Gasteiger partial charge in [0.05, 0.1) is 4.47 Å². The van der Waals surface area contributed by atoms with Gasteiger partial charge in [-0.25, -0.2) is 0 Å². The summed E-state index contributed by atoms with van der Waals surface area (Å²) in [6, 6.07) is 14.4. The highest BCUT2D eigenvalue weighted by Gasteiger charge is 2.18. The van der Waals surface area contributed by atoms with E-state index in [2.05, 4.69) is 21.2 Å². The Kier molecular flexibility index (Phi) is 5.36. The van der Waals surface area contributed by atoms with E-state index in [0.29, 0.717) is 17.9 Å². The molecule has 2 N–H and O–H groups in total. The number of benzene rings is 2. The molecule has 21 heavy (non-hydrogen) atoms. The van der Waals surface area contributed by atoms with Gasteiger partial charge >= 0.3 is 5.97 Å². The number of nitrogens with one attached hydrogen (secondary N) is 1. The number of aliphatic carboxylic acids is 1.